The predicted molar refractivity (Wildman–Crippen MR) is 57.9 cm³/mol. The number of hydrogen-bond donors (Lipinski definition) is 0. The van der Waals surface area contributed by atoms with Crippen molar-refractivity contribution >= 4 is 11.7 Å². The second-order valence-electron chi connectivity index (χ2n) is 3.38. The van der Waals surface area contributed by atoms with Crippen molar-refractivity contribution in [2.75, 3.05) is 0 Å². The molecule has 0 saturated heterocycles. The molecule has 0 aliphatic rings. The molecule has 1 rings (SSSR count). The Bertz CT molecular complexity index is 414. The van der Waals surface area contributed by atoms with Crippen molar-refractivity contribution in [3.63, 3.8) is 0 Å². The van der Waals surface area contributed by atoms with Crippen LogP contribution in [0.3, 0.4) is 0 Å². The molecule has 0 aromatic heterocycles. The Hall–Kier alpha value is -1.91. The SMILES string of the molecule is CCC(=O)OCc1cc([N+](=O)[O-])ccc1C. The molecule has 0 fully saturated rings. The second-order valence-corrected chi connectivity index (χ2v) is 3.38. The number of carbonyl (C=O) groups excluding carboxylic acids is 1. The molecule has 0 saturated carbocycles. The van der Waals surface area contributed by atoms with Gasteiger partial charge in [-0.2, -0.15) is 0 Å². The lowest BCUT2D eigenvalue weighted by atomic mass is 10.1. The van der Waals surface area contributed by atoms with Gasteiger partial charge in [0.15, 0.2) is 0 Å². The molecule has 16 heavy (non-hydrogen) atoms. The summed E-state index contributed by atoms with van der Waals surface area (Å²) < 4.78 is 4.93. The molecule has 5 nitrogen and oxygen atoms in total. The van der Waals surface area contributed by atoms with Crippen molar-refractivity contribution in [3.8, 4) is 0 Å². The molecule has 1 aromatic carbocycles. The second kappa shape index (κ2) is 5.25. The summed E-state index contributed by atoms with van der Waals surface area (Å²) in [6, 6.07) is 4.51. The number of nitro groups is 1. The number of rotatable bonds is 4. The Balaban J connectivity index is 2.82. The van der Waals surface area contributed by atoms with E-state index < -0.39 is 4.92 Å². The Labute approximate surface area is 93.2 Å². The van der Waals surface area contributed by atoms with Crippen molar-refractivity contribution in [2.45, 2.75) is 26.9 Å². The van der Waals surface area contributed by atoms with Gasteiger partial charge in [-0.1, -0.05) is 13.0 Å². The van der Waals surface area contributed by atoms with Crippen LogP contribution in [-0.4, -0.2) is 10.9 Å². The smallest absolute Gasteiger partial charge is 0.305 e. The number of carbonyl (C=O) groups is 1. The van der Waals surface area contributed by atoms with Gasteiger partial charge in [0.1, 0.15) is 6.61 Å². The third-order valence-corrected chi connectivity index (χ3v) is 2.22. The number of benzene rings is 1. The Kier molecular flexibility index (Phi) is 3.99. The predicted octanol–water partition coefficient (Wildman–Crippen LogP) is 2.36. The molecule has 0 spiro atoms. The summed E-state index contributed by atoms with van der Waals surface area (Å²) in [7, 11) is 0. The minimum Gasteiger partial charge on any atom is -0.461 e. The van der Waals surface area contributed by atoms with Crippen LogP contribution in [0.2, 0.25) is 0 Å². The normalized spacial score (nSPS) is 9.88. The maximum absolute atomic E-state index is 11.0. The molecule has 0 heterocycles. The fraction of sp³-hybridized carbons (Fsp3) is 0.364. The number of non-ortho nitro benzene ring substituents is 1. The Morgan fingerprint density at radius 3 is 2.75 bits per heavy atom. The lowest BCUT2D eigenvalue weighted by Crippen LogP contribution is -2.04. The molecule has 0 amide bonds. The van der Waals surface area contributed by atoms with Crippen molar-refractivity contribution in [1.29, 1.82) is 0 Å². The van der Waals surface area contributed by atoms with E-state index in [-0.39, 0.29) is 18.3 Å². The van der Waals surface area contributed by atoms with Crippen molar-refractivity contribution in [2.24, 2.45) is 0 Å². The van der Waals surface area contributed by atoms with Gasteiger partial charge in [-0.05, 0) is 18.1 Å². The largest absolute Gasteiger partial charge is 0.461 e. The Morgan fingerprint density at radius 1 is 1.50 bits per heavy atom. The van der Waals surface area contributed by atoms with Crippen molar-refractivity contribution in [1.82, 2.24) is 0 Å². The molecular formula is C11H13NO4. The third-order valence-electron chi connectivity index (χ3n) is 2.22. The van der Waals surface area contributed by atoms with Crippen LogP contribution in [0.15, 0.2) is 18.2 Å². The first-order chi connectivity index (χ1) is 7.54. The fourth-order valence-corrected chi connectivity index (χ4v) is 1.19. The van der Waals surface area contributed by atoms with Crippen molar-refractivity contribution < 1.29 is 14.5 Å². The summed E-state index contributed by atoms with van der Waals surface area (Å²) in [6.45, 7) is 3.60. The number of nitro benzene ring substituents is 1. The van der Waals surface area contributed by atoms with E-state index in [1.54, 1.807) is 13.0 Å². The number of aryl methyl sites for hydroxylation is 1. The number of hydrogen-bond acceptors (Lipinski definition) is 4. The summed E-state index contributed by atoms with van der Waals surface area (Å²) in [6.07, 6.45) is 0.300. The molecule has 0 atom stereocenters. The molecule has 0 aliphatic heterocycles. The third kappa shape index (κ3) is 3.05. The number of esters is 1. The quantitative estimate of drug-likeness (QED) is 0.446. The molecule has 86 valence electrons. The summed E-state index contributed by atoms with van der Waals surface area (Å²) in [5, 5.41) is 10.6. The lowest BCUT2D eigenvalue weighted by Gasteiger charge is -2.06. The highest BCUT2D eigenvalue weighted by Gasteiger charge is 2.09. The fourth-order valence-electron chi connectivity index (χ4n) is 1.19. The first-order valence-corrected chi connectivity index (χ1v) is 4.94. The van der Waals surface area contributed by atoms with E-state index in [9.17, 15) is 14.9 Å². The van der Waals surface area contributed by atoms with Crippen LogP contribution in [0.1, 0.15) is 24.5 Å². The lowest BCUT2D eigenvalue weighted by molar-refractivity contribution is -0.385. The van der Waals surface area contributed by atoms with Gasteiger partial charge in [0.25, 0.3) is 5.69 Å². The van der Waals surface area contributed by atoms with Gasteiger partial charge < -0.3 is 4.74 Å². The van der Waals surface area contributed by atoms with E-state index in [2.05, 4.69) is 0 Å². The summed E-state index contributed by atoms with van der Waals surface area (Å²) in [5.74, 6) is -0.314. The van der Waals surface area contributed by atoms with Gasteiger partial charge in [-0.3, -0.25) is 14.9 Å². The summed E-state index contributed by atoms with van der Waals surface area (Å²) in [4.78, 5) is 21.0. The number of nitrogens with zero attached hydrogens (tertiary/aromatic N) is 1. The maximum atomic E-state index is 11.0. The molecule has 1 aromatic rings. The summed E-state index contributed by atoms with van der Waals surface area (Å²) >= 11 is 0. The van der Waals surface area contributed by atoms with Gasteiger partial charge in [-0.25, -0.2) is 0 Å². The zero-order valence-electron chi connectivity index (χ0n) is 9.23. The highest BCUT2D eigenvalue weighted by Crippen LogP contribution is 2.18. The molecule has 0 bridgehead atoms. The van der Waals surface area contributed by atoms with Gasteiger partial charge in [0, 0.05) is 18.6 Å². The van der Waals surface area contributed by atoms with Gasteiger partial charge >= 0.3 is 5.97 Å². The first kappa shape index (κ1) is 12.2. The average molecular weight is 223 g/mol. The maximum Gasteiger partial charge on any atom is 0.305 e. The zero-order chi connectivity index (χ0) is 12.1. The highest BCUT2D eigenvalue weighted by molar-refractivity contribution is 5.68. The molecule has 0 radical (unpaired) electrons. The van der Waals surface area contributed by atoms with E-state index in [0.717, 1.165) is 5.56 Å². The molecule has 0 N–H and O–H groups in total. The summed E-state index contributed by atoms with van der Waals surface area (Å²) in [5.41, 5.74) is 1.54. The Morgan fingerprint density at radius 2 is 2.19 bits per heavy atom. The van der Waals surface area contributed by atoms with Crippen LogP contribution in [0.4, 0.5) is 5.69 Å². The molecular weight excluding hydrogens is 210 g/mol. The highest BCUT2D eigenvalue weighted by atomic mass is 16.6. The van der Waals surface area contributed by atoms with Crippen LogP contribution in [0, 0.1) is 17.0 Å². The number of ether oxygens (including phenoxy) is 1. The van der Waals surface area contributed by atoms with Crippen molar-refractivity contribution in [3.05, 3.63) is 39.4 Å². The van der Waals surface area contributed by atoms with E-state index in [0.29, 0.717) is 12.0 Å². The molecule has 0 aliphatic carbocycles. The topological polar surface area (TPSA) is 69.4 Å². The van der Waals surface area contributed by atoms with Crippen LogP contribution in [0.5, 0.6) is 0 Å². The molecule has 5 heteroatoms. The van der Waals surface area contributed by atoms with E-state index in [1.807, 2.05) is 6.92 Å². The first-order valence-electron chi connectivity index (χ1n) is 4.94. The zero-order valence-corrected chi connectivity index (χ0v) is 9.23. The minimum atomic E-state index is -0.468. The average Bonchev–Trinajstić information content (AvgIpc) is 2.27. The van der Waals surface area contributed by atoms with E-state index in [4.69, 9.17) is 4.74 Å². The van der Waals surface area contributed by atoms with E-state index in [1.165, 1.54) is 12.1 Å². The van der Waals surface area contributed by atoms with Crippen LogP contribution in [0.25, 0.3) is 0 Å². The van der Waals surface area contributed by atoms with Crippen LogP contribution >= 0.6 is 0 Å². The van der Waals surface area contributed by atoms with Gasteiger partial charge in [0.2, 0.25) is 0 Å². The standard InChI is InChI=1S/C11H13NO4/c1-3-11(13)16-7-9-6-10(12(14)15)5-4-8(9)2/h4-6H,3,7H2,1-2H3. The van der Waals surface area contributed by atoms with Crippen LogP contribution in [-0.2, 0) is 16.1 Å². The van der Waals surface area contributed by atoms with Gasteiger partial charge in [-0.15, -0.1) is 0 Å². The van der Waals surface area contributed by atoms with E-state index >= 15 is 0 Å². The van der Waals surface area contributed by atoms with Gasteiger partial charge in [0.05, 0.1) is 4.92 Å². The minimum absolute atomic E-state index is 0.00754. The molecule has 0 unspecified atom stereocenters. The van der Waals surface area contributed by atoms with Crippen LogP contribution < -0.4 is 0 Å². The monoisotopic (exact) mass is 223 g/mol.